The van der Waals surface area contributed by atoms with Crippen LogP contribution in [0, 0.1) is 6.92 Å². The third kappa shape index (κ3) is 4.33. The lowest BCUT2D eigenvalue weighted by Crippen LogP contribution is -2.33. The van der Waals surface area contributed by atoms with Crippen molar-refractivity contribution in [2.45, 2.75) is 13.5 Å². The average Bonchev–Trinajstić information content (AvgIpc) is 2.54. The Morgan fingerprint density at radius 3 is 2.55 bits per heavy atom. The smallest absolute Gasteiger partial charge is 0.321 e. The van der Waals surface area contributed by atoms with E-state index in [9.17, 15) is 9.59 Å². The van der Waals surface area contributed by atoms with Crippen LogP contribution in [0.15, 0.2) is 53.0 Å². The molecule has 0 unspecified atom stereocenters. The van der Waals surface area contributed by atoms with Crippen molar-refractivity contribution >= 4 is 27.9 Å². The molecule has 0 heterocycles. The van der Waals surface area contributed by atoms with Gasteiger partial charge in [-0.3, -0.25) is 4.79 Å². The standard InChI is InChI=1S/C16H15BrN2O3/c1-11-6-5-9-13(14(11)17)15(20)19-22-16(21)18-10-12-7-3-2-4-8-12/h2-9H,10H2,1H3,(H,18,21)(H,19,20). The van der Waals surface area contributed by atoms with Crippen LogP contribution in [0.2, 0.25) is 0 Å². The van der Waals surface area contributed by atoms with E-state index in [1.807, 2.05) is 43.3 Å². The quantitative estimate of drug-likeness (QED) is 0.822. The zero-order valence-corrected chi connectivity index (χ0v) is 13.5. The molecular formula is C16H15BrN2O3. The number of hydrogen-bond donors (Lipinski definition) is 2. The van der Waals surface area contributed by atoms with Gasteiger partial charge in [0.05, 0.1) is 5.56 Å². The Hall–Kier alpha value is -2.34. The molecule has 0 saturated heterocycles. The molecule has 0 atom stereocenters. The number of carbonyl (C=O) groups is 2. The number of nitrogens with one attached hydrogen (secondary N) is 2. The van der Waals surface area contributed by atoms with Crippen molar-refractivity contribution in [3.05, 3.63) is 69.7 Å². The van der Waals surface area contributed by atoms with E-state index in [2.05, 4.69) is 26.7 Å². The van der Waals surface area contributed by atoms with Crippen LogP contribution in [0.3, 0.4) is 0 Å². The van der Waals surface area contributed by atoms with E-state index >= 15 is 0 Å². The largest absolute Gasteiger partial charge is 0.431 e. The molecule has 114 valence electrons. The van der Waals surface area contributed by atoms with Crippen molar-refractivity contribution in [1.82, 2.24) is 10.8 Å². The van der Waals surface area contributed by atoms with Gasteiger partial charge in [-0.15, -0.1) is 0 Å². The SMILES string of the molecule is Cc1cccc(C(=O)NOC(=O)NCc2ccccc2)c1Br. The van der Waals surface area contributed by atoms with Crippen LogP contribution in [0.5, 0.6) is 0 Å². The van der Waals surface area contributed by atoms with Gasteiger partial charge < -0.3 is 10.2 Å². The first-order valence-electron chi connectivity index (χ1n) is 6.62. The summed E-state index contributed by atoms with van der Waals surface area (Å²) in [5, 5.41) is 2.54. The molecular weight excluding hydrogens is 348 g/mol. The number of benzene rings is 2. The van der Waals surface area contributed by atoms with Gasteiger partial charge in [-0.1, -0.05) is 42.5 Å². The molecule has 0 fully saturated rings. The maximum absolute atomic E-state index is 12.0. The minimum absolute atomic E-state index is 0.323. The Morgan fingerprint density at radius 2 is 1.82 bits per heavy atom. The molecule has 0 saturated carbocycles. The number of halogens is 1. The summed E-state index contributed by atoms with van der Waals surface area (Å²) in [7, 11) is 0. The highest BCUT2D eigenvalue weighted by Gasteiger charge is 2.13. The molecule has 2 N–H and O–H groups in total. The fourth-order valence-electron chi connectivity index (χ4n) is 1.78. The molecule has 0 aromatic heterocycles. The van der Waals surface area contributed by atoms with Crippen molar-refractivity contribution in [2.24, 2.45) is 0 Å². The monoisotopic (exact) mass is 362 g/mol. The van der Waals surface area contributed by atoms with Crippen molar-refractivity contribution in [1.29, 1.82) is 0 Å². The fourth-order valence-corrected chi connectivity index (χ4v) is 2.22. The van der Waals surface area contributed by atoms with Crippen LogP contribution in [0.4, 0.5) is 4.79 Å². The molecule has 2 amide bonds. The third-order valence-electron chi connectivity index (χ3n) is 2.95. The number of amides is 2. The fraction of sp³-hybridized carbons (Fsp3) is 0.125. The van der Waals surface area contributed by atoms with Gasteiger partial charge in [0.2, 0.25) is 0 Å². The summed E-state index contributed by atoms with van der Waals surface area (Å²) in [5.74, 6) is -0.495. The van der Waals surface area contributed by atoms with E-state index in [-0.39, 0.29) is 0 Å². The van der Waals surface area contributed by atoms with E-state index in [0.717, 1.165) is 11.1 Å². The zero-order valence-electron chi connectivity index (χ0n) is 11.9. The van der Waals surface area contributed by atoms with E-state index in [1.54, 1.807) is 12.1 Å². The lowest BCUT2D eigenvalue weighted by molar-refractivity contribution is 0.0570. The van der Waals surface area contributed by atoms with Crippen LogP contribution >= 0.6 is 15.9 Å². The van der Waals surface area contributed by atoms with Crippen LogP contribution in [-0.2, 0) is 11.4 Å². The average molecular weight is 363 g/mol. The Kier molecular flexibility index (Phi) is 5.55. The molecule has 0 aliphatic heterocycles. The topological polar surface area (TPSA) is 67.4 Å². The summed E-state index contributed by atoms with van der Waals surface area (Å²) in [5.41, 5.74) is 4.38. The van der Waals surface area contributed by atoms with Crippen molar-refractivity contribution in [3.63, 3.8) is 0 Å². The van der Waals surface area contributed by atoms with Gasteiger partial charge in [-0.25, -0.2) is 4.79 Å². The number of carbonyl (C=O) groups excluding carboxylic acids is 2. The van der Waals surface area contributed by atoms with Crippen LogP contribution < -0.4 is 10.8 Å². The molecule has 0 aliphatic carbocycles. The van der Waals surface area contributed by atoms with Gasteiger partial charge in [0.25, 0.3) is 5.91 Å². The molecule has 0 radical (unpaired) electrons. The number of hydrogen-bond acceptors (Lipinski definition) is 3. The van der Waals surface area contributed by atoms with E-state index in [0.29, 0.717) is 16.6 Å². The van der Waals surface area contributed by atoms with Gasteiger partial charge in [0, 0.05) is 11.0 Å². The molecule has 2 rings (SSSR count). The molecule has 6 heteroatoms. The van der Waals surface area contributed by atoms with Crippen LogP contribution in [0.1, 0.15) is 21.5 Å². The van der Waals surface area contributed by atoms with Crippen LogP contribution in [0.25, 0.3) is 0 Å². The molecule has 0 aliphatic rings. The first-order chi connectivity index (χ1) is 10.6. The normalized spacial score (nSPS) is 9.91. The Morgan fingerprint density at radius 1 is 1.09 bits per heavy atom. The minimum Gasteiger partial charge on any atom is -0.321 e. The van der Waals surface area contributed by atoms with Gasteiger partial charge >= 0.3 is 6.09 Å². The maximum Gasteiger partial charge on any atom is 0.431 e. The van der Waals surface area contributed by atoms with Gasteiger partial charge in [-0.2, -0.15) is 5.48 Å². The van der Waals surface area contributed by atoms with Crippen molar-refractivity contribution in [2.75, 3.05) is 0 Å². The van der Waals surface area contributed by atoms with Crippen molar-refractivity contribution < 1.29 is 14.4 Å². The highest BCUT2D eigenvalue weighted by Crippen LogP contribution is 2.20. The lowest BCUT2D eigenvalue weighted by Gasteiger charge is -2.09. The van der Waals surface area contributed by atoms with Crippen LogP contribution in [-0.4, -0.2) is 12.0 Å². The van der Waals surface area contributed by atoms with Gasteiger partial charge in [-0.05, 0) is 40.0 Å². The van der Waals surface area contributed by atoms with Gasteiger partial charge in [0.1, 0.15) is 0 Å². The Bertz CT molecular complexity index is 674. The number of rotatable bonds is 3. The molecule has 5 nitrogen and oxygen atoms in total. The van der Waals surface area contributed by atoms with Gasteiger partial charge in [0.15, 0.2) is 0 Å². The van der Waals surface area contributed by atoms with E-state index < -0.39 is 12.0 Å². The lowest BCUT2D eigenvalue weighted by atomic mass is 10.1. The zero-order chi connectivity index (χ0) is 15.9. The second-order valence-corrected chi connectivity index (χ2v) is 5.39. The highest BCUT2D eigenvalue weighted by atomic mass is 79.9. The third-order valence-corrected chi connectivity index (χ3v) is 4.01. The van der Waals surface area contributed by atoms with E-state index in [1.165, 1.54) is 0 Å². The predicted molar refractivity (Wildman–Crippen MR) is 86.1 cm³/mol. The Balaban J connectivity index is 1.83. The summed E-state index contributed by atoms with van der Waals surface area (Å²) in [6.45, 7) is 2.19. The molecule has 0 bridgehead atoms. The predicted octanol–water partition coefficient (Wildman–Crippen LogP) is 3.33. The summed E-state index contributed by atoms with van der Waals surface area (Å²) in [6.07, 6.45) is -0.721. The highest BCUT2D eigenvalue weighted by molar-refractivity contribution is 9.10. The molecule has 2 aromatic carbocycles. The molecule has 2 aromatic rings. The molecule has 0 spiro atoms. The number of hydroxylamine groups is 1. The summed E-state index contributed by atoms with van der Waals surface area (Å²) in [4.78, 5) is 28.2. The minimum atomic E-state index is -0.721. The summed E-state index contributed by atoms with van der Waals surface area (Å²) in [6, 6.07) is 14.7. The second-order valence-electron chi connectivity index (χ2n) is 4.60. The maximum atomic E-state index is 12.0. The van der Waals surface area contributed by atoms with E-state index in [4.69, 9.17) is 4.84 Å². The second kappa shape index (κ2) is 7.61. The summed E-state index contributed by atoms with van der Waals surface area (Å²) < 4.78 is 0.667. The first-order valence-corrected chi connectivity index (χ1v) is 7.41. The Labute approximate surface area is 136 Å². The number of aryl methyl sites for hydroxylation is 1. The summed E-state index contributed by atoms with van der Waals surface area (Å²) >= 11 is 3.33. The molecule has 22 heavy (non-hydrogen) atoms. The van der Waals surface area contributed by atoms with Crippen molar-refractivity contribution in [3.8, 4) is 0 Å². The first kappa shape index (κ1) is 16.0.